The fraction of sp³-hybridized carbons (Fsp3) is 0.286. The molecular weight excluding hydrogens is 176 g/mol. The summed E-state index contributed by atoms with van der Waals surface area (Å²) in [6.07, 6.45) is 1.61. The second kappa shape index (κ2) is 3.20. The lowest BCUT2D eigenvalue weighted by molar-refractivity contribution is 0.596. The third-order valence-electron chi connectivity index (χ3n) is 1.32. The normalized spacial score (nSPS) is 11.5. The van der Waals surface area contributed by atoms with E-state index in [4.69, 9.17) is 5.14 Å². The quantitative estimate of drug-likeness (QED) is 0.716. The van der Waals surface area contributed by atoms with E-state index in [9.17, 15) is 8.42 Å². The van der Waals surface area contributed by atoms with Crippen molar-refractivity contribution in [3.8, 4) is 0 Å². The van der Waals surface area contributed by atoms with Crippen LogP contribution in [0, 0.1) is 6.92 Å². The molecule has 0 aliphatic carbocycles. The van der Waals surface area contributed by atoms with E-state index >= 15 is 0 Å². The van der Waals surface area contributed by atoms with Crippen LogP contribution in [-0.4, -0.2) is 13.4 Å². The Hall–Kier alpha value is -0.940. The van der Waals surface area contributed by atoms with Crippen molar-refractivity contribution in [1.82, 2.24) is 4.98 Å². The van der Waals surface area contributed by atoms with Crippen LogP contribution in [-0.2, 0) is 15.8 Å². The van der Waals surface area contributed by atoms with Crippen molar-refractivity contribution >= 4 is 10.0 Å². The van der Waals surface area contributed by atoms with E-state index in [0.29, 0.717) is 5.69 Å². The van der Waals surface area contributed by atoms with Gasteiger partial charge in [0.1, 0.15) is 5.75 Å². The van der Waals surface area contributed by atoms with Gasteiger partial charge in [-0.2, -0.15) is 0 Å². The van der Waals surface area contributed by atoms with Gasteiger partial charge in [-0.1, -0.05) is 6.07 Å². The van der Waals surface area contributed by atoms with Crippen molar-refractivity contribution in [2.24, 2.45) is 5.14 Å². The molecule has 66 valence electrons. The zero-order chi connectivity index (χ0) is 9.19. The minimum atomic E-state index is -3.45. The SMILES string of the molecule is Cc1ccc(CS(N)(=O)=O)nc1. The number of primary sulfonamides is 1. The molecule has 1 aromatic rings. The molecule has 1 heterocycles. The highest BCUT2D eigenvalue weighted by molar-refractivity contribution is 7.88. The molecule has 0 radical (unpaired) electrons. The van der Waals surface area contributed by atoms with Gasteiger partial charge in [0.2, 0.25) is 10.0 Å². The lowest BCUT2D eigenvalue weighted by Gasteiger charge is -1.97. The minimum absolute atomic E-state index is 0.201. The zero-order valence-corrected chi connectivity index (χ0v) is 7.50. The highest BCUT2D eigenvalue weighted by atomic mass is 32.2. The standard InChI is InChI=1S/C7H10N2O2S/c1-6-2-3-7(9-4-6)5-12(8,10)11/h2-4H,5H2,1H3,(H2,8,10,11). The van der Waals surface area contributed by atoms with E-state index in [1.165, 1.54) is 0 Å². The Labute approximate surface area is 71.5 Å². The molecule has 0 bridgehead atoms. The first-order valence-corrected chi connectivity index (χ1v) is 5.11. The number of rotatable bonds is 2. The third-order valence-corrected chi connectivity index (χ3v) is 2.02. The van der Waals surface area contributed by atoms with Crippen LogP contribution in [0.5, 0.6) is 0 Å². The van der Waals surface area contributed by atoms with Gasteiger partial charge in [0.25, 0.3) is 0 Å². The van der Waals surface area contributed by atoms with Gasteiger partial charge in [0.05, 0.1) is 5.69 Å². The number of aryl methyl sites for hydroxylation is 1. The van der Waals surface area contributed by atoms with Gasteiger partial charge in [0, 0.05) is 6.20 Å². The van der Waals surface area contributed by atoms with Crippen molar-refractivity contribution in [1.29, 1.82) is 0 Å². The Morgan fingerprint density at radius 1 is 1.50 bits per heavy atom. The topological polar surface area (TPSA) is 73.1 Å². The van der Waals surface area contributed by atoms with E-state index in [1.54, 1.807) is 18.3 Å². The van der Waals surface area contributed by atoms with Crippen LogP contribution in [0.2, 0.25) is 0 Å². The zero-order valence-electron chi connectivity index (χ0n) is 6.69. The van der Waals surface area contributed by atoms with Crippen molar-refractivity contribution < 1.29 is 8.42 Å². The smallest absolute Gasteiger partial charge is 0.214 e. The molecule has 5 heteroatoms. The number of hydrogen-bond acceptors (Lipinski definition) is 3. The Bertz CT molecular complexity index is 355. The van der Waals surface area contributed by atoms with Crippen LogP contribution in [0.25, 0.3) is 0 Å². The average molecular weight is 186 g/mol. The number of sulfonamides is 1. The molecule has 0 saturated carbocycles. The number of pyridine rings is 1. The number of aromatic nitrogens is 1. The Morgan fingerprint density at radius 3 is 2.58 bits per heavy atom. The molecule has 0 aliphatic heterocycles. The van der Waals surface area contributed by atoms with E-state index in [2.05, 4.69) is 4.98 Å². The average Bonchev–Trinajstić information content (AvgIpc) is 1.91. The molecule has 0 aliphatic rings. The van der Waals surface area contributed by atoms with E-state index < -0.39 is 10.0 Å². The molecule has 1 rings (SSSR count). The maximum atomic E-state index is 10.6. The molecule has 12 heavy (non-hydrogen) atoms. The Morgan fingerprint density at radius 2 is 2.17 bits per heavy atom. The van der Waals surface area contributed by atoms with Crippen LogP contribution in [0.4, 0.5) is 0 Å². The lowest BCUT2D eigenvalue weighted by atomic mass is 10.3. The van der Waals surface area contributed by atoms with Crippen molar-refractivity contribution in [2.75, 3.05) is 0 Å². The lowest BCUT2D eigenvalue weighted by Crippen LogP contribution is -2.15. The van der Waals surface area contributed by atoms with Gasteiger partial charge in [-0.15, -0.1) is 0 Å². The van der Waals surface area contributed by atoms with Crippen molar-refractivity contribution in [3.63, 3.8) is 0 Å². The summed E-state index contributed by atoms with van der Waals surface area (Å²) in [6, 6.07) is 3.45. The van der Waals surface area contributed by atoms with E-state index in [0.717, 1.165) is 5.56 Å². The van der Waals surface area contributed by atoms with Gasteiger partial charge in [0.15, 0.2) is 0 Å². The molecule has 0 spiro atoms. The molecule has 0 fully saturated rings. The van der Waals surface area contributed by atoms with Crippen LogP contribution in [0.1, 0.15) is 11.3 Å². The molecule has 0 unspecified atom stereocenters. The first-order chi connectivity index (χ1) is 5.47. The molecule has 0 atom stereocenters. The maximum absolute atomic E-state index is 10.6. The second-order valence-electron chi connectivity index (χ2n) is 2.63. The summed E-state index contributed by atoms with van der Waals surface area (Å²) < 4.78 is 21.2. The molecule has 0 saturated heterocycles. The molecule has 2 N–H and O–H groups in total. The number of hydrogen-bond donors (Lipinski definition) is 1. The first kappa shape index (κ1) is 9.15. The summed E-state index contributed by atoms with van der Waals surface area (Å²) in [5, 5.41) is 4.84. The van der Waals surface area contributed by atoms with Crippen molar-refractivity contribution in [2.45, 2.75) is 12.7 Å². The highest BCUT2D eigenvalue weighted by Crippen LogP contribution is 2.01. The van der Waals surface area contributed by atoms with Gasteiger partial charge in [-0.3, -0.25) is 4.98 Å². The largest absolute Gasteiger partial charge is 0.260 e. The predicted octanol–water partition coefficient (Wildman–Crippen LogP) is 0.179. The van der Waals surface area contributed by atoms with Gasteiger partial charge in [-0.05, 0) is 18.6 Å². The van der Waals surface area contributed by atoms with Crippen LogP contribution < -0.4 is 5.14 Å². The van der Waals surface area contributed by atoms with Crippen LogP contribution >= 0.6 is 0 Å². The monoisotopic (exact) mass is 186 g/mol. The van der Waals surface area contributed by atoms with E-state index in [1.807, 2.05) is 6.92 Å². The van der Waals surface area contributed by atoms with Crippen LogP contribution in [0.15, 0.2) is 18.3 Å². The predicted molar refractivity (Wildman–Crippen MR) is 45.8 cm³/mol. The minimum Gasteiger partial charge on any atom is -0.260 e. The van der Waals surface area contributed by atoms with Gasteiger partial charge >= 0.3 is 0 Å². The van der Waals surface area contributed by atoms with E-state index in [-0.39, 0.29) is 5.75 Å². The summed E-state index contributed by atoms with van der Waals surface area (Å²) >= 11 is 0. The molecule has 0 amide bonds. The summed E-state index contributed by atoms with van der Waals surface area (Å²) in [4.78, 5) is 3.90. The summed E-state index contributed by atoms with van der Waals surface area (Å²) in [6.45, 7) is 1.88. The molecular formula is C7H10N2O2S. The fourth-order valence-corrected chi connectivity index (χ4v) is 1.37. The number of nitrogens with two attached hydrogens (primary N) is 1. The summed E-state index contributed by atoms with van der Waals surface area (Å²) in [7, 11) is -3.45. The van der Waals surface area contributed by atoms with Crippen molar-refractivity contribution in [3.05, 3.63) is 29.6 Å². The first-order valence-electron chi connectivity index (χ1n) is 3.39. The second-order valence-corrected chi connectivity index (χ2v) is 4.25. The highest BCUT2D eigenvalue weighted by Gasteiger charge is 2.04. The Balaban J connectivity index is 2.85. The maximum Gasteiger partial charge on any atom is 0.214 e. The fourth-order valence-electron chi connectivity index (χ4n) is 0.790. The molecule has 1 aromatic heterocycles. The molecule has 0 aromatic carbocycles. The molecule has 4 nitrogen and oxygen atoms in total. The third kappa shape index (κ3) is 2.98. The Kier molecular flexibility index (Phi) is 2.44. The summed E-state index contributed by atoms with van der Waals surface area (Å²) in [5.74, 6) is -0.201. The number of nitrogens with zero attached hydrogens (tertiary/aromatic N) is 1. The van der Waals surface area contributed by atoms with Gasteiger partial charge < -0.3 is 0 Å². The van der Waals surface area contributed by atoms with Crippen LogP contribution in [0.3, 0.4) is 0 Å². The van der Waals surface area contributed by atoms with Gasteiger partial charge in [-0.25, -0.2) is 13.6 Å². The summed E-state index contributed by atoms with van der Waals surface area (Å²) in [5.41, 5.74) is 1.47.